The fraction of sp³-hybridized carbons (Fsp3) is 0.227. The number of fused-ring (bicyclic) bond motifs is 1. The first kappa shape index (κ1) is 18.2. The van der Waals surface area contributed by atoms with E-state index in [2.05, 4.69) is 20.6 Å². The molecule has 2 aliphatic rings. The number of aliphatic imine (C=N–C) groups is 1. The van der Waals surface area contributed by atoms with E-state index < -0.39 is 0 Å². The van der Waals surface area contributed by atoms with Crippen molar-refractivity contribution in [3.05, 3.63) is 70.8 Å². The van der Waals surface area contributed by atoms with E-state index in [4.69, 9.17) is 16.6 Å². The molecule has 2 aliphatic heterocycles. The third kappa shape index (κ3) is 3.61. The van der Waals surface area contributed by atoms with Gasteiger partial charge in [-0.25, -0.2) is 9.37 Å². The highest BCUT2D eigenvalue weighted by molar-refractivity contribution is 6.35. The Kier molecular flexibility index (Phi) is 4.73. The molecule has 0 spiro atoms. The van der Waals surface area contributed by atoms with Crippen LogP contribution in [0.2, 0.25) is 5.02 Å². The molecule has 7 heteroatoms. The van der Waals surface area contributed by atoms with Crippen LogP contribution >= 0.6 is 11.6 Å². The molecule has 5 nitrogen and oxygen atoms in total. The van der Waals surface area contributed by atoms with Gasteiger partial charge in [0.25, 0.3) is 0 Å². The minimum Gasteiger partial charge on any atom is -0.383 e. The summed E-state index contributed by atoms with van der Waals surface area (Å²) in [5.74, 6) is 0.306. The predicted octanol–water partition coefficient (Wildman–Crippen LogP) is 3.94. The molecule has 0 atom stereocenters. The van der Waals surface area contributed by atoms with Crippen molar-refractivity contribution in [2.75, 3.05) is 31.5 Å². The highest BCUT2D eigenvalue weighted by Crippen LogP contribution is 2.28. The Morgan fingerprint density at radius 1 is 1.14 bits per heavy atom. The van der Waals surface area contributed by atoms with Gasteiger partial charge < -0.3 is 10.6 Å². The number of rotatable bonds is 5. The molecule has 0 aliphatic carbocycles. The first-order valence-corrected chi connectivity index (χ1v) is 9.97. The van der Waals surface area contributed by atoms with Crippen molar-refractivity contribution in [3.63, 3.8) is 0 Å². The zero-order valence-corrected chi connectivity index (χ0v) is 16.4. The summed E-state index contributed by atoms with van der Waals surface area (Å²) in [7, 11) is 0. The van der Waals surface area contributed by atoms with E-state index in [0.29, 0.717) is 28.8 Å². The largest absolute Gasteiger partial charge is 0.383 e. The Balaban J connectivity index is 1.46. The number of benzene rings is 1. The molecule has 4 heterocycles. The van der Waals surface area contributed by atoms with Crippen LogP contribution in [-0.4, -0.2) is 41.9 Å². The van der Waals surface area contributed by atoms with Crippen LogP contribution in [0.15, 0.2) is 53.7 Å². The first-order chi connectivity index (χ1) is 14.2. The molecule has 2 aromatic heterocycles. The molecule has 0 saturated carbocycles. The van der Waals surface area contributed by atoms with Crippen LogP contribution in [0.5, 0.6) is 0 Å². The second kappa shape index (κ2) is 7.54. The van der Waals surface area contributed by atoms with Crippen molar-refractivity contribution in [1.29, 1.82) is 0 Å². The Labute approximate surface area is 172 Å². The van der Waals surface area contributed by atoms with Gasteiger partial charge in [-0.2, -0.15) is 0 Å². The molecule has 1 aromatic carbocycles. The van der Waals surface area contributed by atoms with E-state index in [9.17, 15) is 4.39 Å². The number of hydrogen-bond acceptors (Lipinski definition) is 5. The number of pyridine rings is 2. The smallest absolute Gasteiger partial charge is 0.132 e. The van der Waals surface area contributed by atoms with Gasteiger partial charge in [-0.3, -0.25) is 9.98 Å². The van der Waals surface area contributed by atoms with Gasteiger partial charge in [-0.1, -0.05) is 17.7 Å². The maximum atomic E-state index is 14.4. The number of anilines is 1. The third-order valence-electron chi connectivity index (χ3n) is 5.26. The van der Waals surface area contributed by atoms with Gasteiger partial charge in [0.2, 0.25) is 0 Å². The molecule has 3 aromatic rings. The normalized spacial score (nSPS) is 16.5. The van der Waals surface area contributed by atoms with Gasteiger partial charge in [0, 0.05) is 41.7 Å². The molecular weight excluding hydrogens is 389 g/mol. The van der Waals surface area contributed by atoms with E-state index in [1.165, 1.54) is 12.1 Å². The van der Waals surface area contributed by atoms with Crippen LogP contribution in [0.3, 0.4) is 0 Å². The maximum absolute atomic E-state index is 14.4. The monoisotopic (exact) mass is 407 g/mol. The van der Waals surface area contributed by atoms with Gasteiger partial charge in [0.05, 0.1) is 40.9 Å². The second-order valence-corrected chi connectivity index (χ2v) is 7.73. The highest BCUT2D eigenvalue weighted by Gasteiger charge is 2.21. The van der Waals surface area contributed by atoms with E-state index in [1.807, 2.05) is 30.5 Å². The predicted molar refractivity (Wildman–Crippen MR) is 115 cm³/mol. The molecule has 5 rings (SSSR count). The summed E-state index contributed by atoms with van der Waals surface area (Å²) in [5.41, 5.74) is 5.09. The summed E-state index contributed by atoms with van der Waals surface area (Å²) in [6.07, 6.45) is 3.79. The van der Waals surface area contributed by atoms with Crippen molar-refractivity contribution >= 4 is 39.6 Å². The topological polar surface area (TPSA) is 62.2 Å². The summed E-state index contributed by atoms with van der Waals surface area (Å²) in [6.45, 7) is 3.50. The fourth-order valence-corrected chi connectivity index (χ4v) is 3.73. The SMILES string of the molecule is Fc1ccc(Cl)cc1C1=NCC=C1c1ccc2ncc(NCC3CNC3)cc2n1. The summed E-state index contributed by atoms with van der Waals surface area (Å²) >= 11 is 6.08. The number of nitrogens with one attached hydrogen (secondary N) is 2. The average molecular weight is 408 g/mol. The van der Waals surface area contributed by atoms with Crippen molar-refractivity contribution in [2.45, 2.75) is 0 Å². The summed E-state index contributed by atoms with van der Waals surface area (Å²) in [6, 6.07) is 10.3. The quantitative estimate of drug-likeness (QED) is 0.672. The molecule has 146 valence electrons. The Morgan fingerprint density at radius 2 is 2.03 bits per heavy atom. The first-order valence-electron chi connectivity index (χ1n) is 9.59. The lowest BCUT2D eigenvalue weighted by atomic mass is 9.99. The standard InChI is InChI=1S/C22H19ClFN5/c23-14-1-2-18(24)17(7-14)22-16(5-6-26-22)19-3-4-20-21(29-19)8-15(12-28-20)27-11-13-9-25-10-13/h1-5,7-8,12-13,25,27H,6,9-11H2. The molecule has 2 N–H and O–H groups in total. The molecule has 0 unspecified atom stereocenters. The van der Waals surface area contributed by atoms with Crippen LogP contribution in [0.1, 0.15) is 11.3 Å². The van der Waals surface area contributed by atoms with Crippen molar-refractivity contribution in [3.8, 4) is 0 Å². The van der Waals surface area contributed by atoms with Gasteiger partial charge in [0.1, 0.15) is 5.82 Å². The van der Waals surface area contributed by atoms with Gasteiger partial charge >= 0.3 is 0 Å². The molecule has 0 amide bonds. The Hall–Kier alpha value is -2.83. The van der Waals surface area contributed by atoms with E-state index >= 15 is 0 Å². The minimum absolute atomic E-state index is 0.347. The highest BCUT2D eigenvalue weighted by atomic mass is 35.5. The molecule has 29 heavy (non-hydrogen) atoms. The van der Waals surface area contributed by atoms with Crippen molar-refractivity contribution in [2.24, 2.45) is 10.9 Å². The van der Waals surface area contributed by atoms with E-state index in [1.54, 1.807) is 6.07 Å². The number of nitrogens with zero attached hydrogens (tertiary/aromatic N) is 3. The lowest BCUT2D eigenvalue weighted by molar-refractivity contribution is 0.365. The third-order valence-corrected chi connectivity index (χ3v) is 5.49. The number of aromatic nitrogens is 2. The lowest BCUT2D eigenvalue weighted by Gasteiger charge is -2.27. The van der Waals surface area contributed by atoms with Crippen LogP contribution < -0.4 is 10.6 Å². The molecular formula is C22H19ClFN5. The van der Waals surface area contributed by atoms with Gasteiger partial charge in [-0.15, -0.1) is 0 Å². The lowest BCUT2D eigenvalue weighted by Crippen LogP contribution is -2.45. The van der Waals surface area contributed by atoms with Crippen LogP contribution in [0.4, 0.5) is 10.1 Å². The Morgan fingerprint density at radius 3 is 2.86 bits per heavy atom. The minimum atomic E-state index is -0.347. The summed E-state index contributed by atoms with van der Waals surface area (Å²) < 4.78 is 14.4. The zero-order chi connectivity index (χ0) is 19.8. The molecule has 0 bridgehead atoms. The van der Waals surface area contributed by atoms with E-state index in [-0.39, 0.29) is 5.82 Å². The van der Waals surface area contributed by atoms with Gasteiger partial charge in [-0.05, 0) is 36.4 Å². The van der Waals surface area contributed by atoms with Crippen molar-refractivity contribution < 1.29 is 4.39 Å². The zero-order valence-electron chi connectivity index (χ0n) is 15.6. The molecule has 1 fully saturated rings. The van der Waals surface area contributed by atoms with Crippen LogP contribution in [-0.2, 0) is 0 Å². The average Bonchev–Trinajstić information content (AvgIpc) is 3.17. The second-order valence-electron chi connectivity index (χ2n) is 7.30. The van der Waals surface area contributed by atoms with Gasteiger partial charge in [0.15, 0.2) is 0 Å². The number of hydrogen-bond donors (Lipinski definition) is 2. The number of allylic oxidation sites excluding steroid dienone is 1. The van der Waals surface area contributed by atoms with Crippen LogP contribution in [0.25, 0.3) is 16.6 Å². The fourth-order valence-electron chi connectivity index (χ4n) is 3.55. The van der Waals surface area contributed by atoms with Crippen LogP contribution in [0, 0.1) is 11.7 Å². The maximum Gasteiger partial charge on any atom is 0.132 e. The number of halogens is 2. The molecule has 1 saturated heterocycles. The summed E-state index contributed by atoms with van der Waals surface area (Å²) in [4.78, 5) is 13.8. The Bertz CT molecular complexity index is 1150. The summed E-state index contributed by atoms with van der Waals surface area (Å²) in [5, 5.41) is 7.18. The van der Waals surface area contributed by atoms with E-state index in [0.717, 1.165) is 47.6 Å². The molecule has 0 radical (unpaired) electrons. The van der Waals surface area contributed by atoms with Crippen molar-refractivity contribution in [1.82, 2.24) is 15.3 Å².